The Balaban J connectivity index is 1.33. The van der Waals surface area contributed by atoms with E-state index in [0.717, 1.165) is 30.9 Å². The number of fused-ring (bicyclic) bond motifs is 1. The maximum absolute atomic E-state index is 12.3. The van der Waals surface area contributed by atoms with Crippen molar-refractivity contribution in [1.82, 2.24) is 9.88 Å². The van der Waals surface area contributed by atoms with Crippen molar-refractivity contribution in [2.45, 2.75) is 12.6 Å². The van der Waals surface area contributed by atoms with Crippen molar-refractivity contribution < 1.29 is 9.53 Å². The zero-order valence-corrected chi connectivity index (χ0v) is 12.8. The fourth-order valence-corrected chi connectivity index (χ4v) is 3.42. The number of hydrogen-bond donors (Lipinski definition) is 0. The number of carbonyl (C=O) groups excluding carboxylic acids is 1. The number of anilines is 1. The number of ether oxygens (including phenoxy) is 1. The molecule has 118 valence electrons. The SMILES string of the molecule is O=C(OCc1ccccc1)N1C[C@@H]2CN(c3cccnc3)[C@@H]2C1. The smallest absolute Gasteiger partial charge is 0.410 e. The van der Waals surface area contributed by atoms with Crippen LogP contribution in [-0.2, 0) is 11.3 Å². The summed E-state index contributed by atoms with van der Waals surface area (Å²) in [6.07, 6.45) is 3.45. The Morgan fingerprint density at radius 1 is 1.13 bits per heavy atom. The lowest BCUT2D eigenvalue weighted by Crippen LogP contribution is -2.55. The fourth-order valence-electron chi connectivity index (χ4n) is 3.42. The summed E-state index contributed by atoms with van der Waals surface area (Å²) in [7, 11) is 0. The number of nitrogens with zero attached hydrogens (tertiary/aromatic N) is 3. The molecule has 1 aromatic carbocycles. The molecule has 4 rings (SSSR count). The summed E-state index contributed by atoms with van der Waals surface area (Å²) < 4.78 is 5.43. The molecule has 2 aliphatic rings. The Labute approximate surface area is 135 Å². The van der Waals surface area contributed by atoms with Crippen molar-refractivity contribution in [2.24, 2.45) is 5.92 Å². The third-order valence-corrected chi connectivity index (χ3v) is 4.68. The molecule has 0 bridgehead atoms. The Morgan fingerprint density at radius 3 is 2.78 bits per heavy atom. The highest BCUT2D eigenvalue weighted by molar-refractivity contribution is 5.69. The summed E-state index contributed by atoms with van der Waals surface area (Å²) in [4.78, 5) is 20.6. The molecule has 1 aromatic heterocycles. The molecule has 0 saturated carbocycles. The van der Waals surface area contributed by atoms with Crippen LogP contribution in [0.15, 0.2) is 54.9 Å². The predicted molar refractivity (Wildman–Crippen MR) is 87.1 cm³/mol. The average Bonchev–Trinajstić information content (AvgIpc) is 2.92. The maximum atomic E-state index is 12.3. The van der Waals surface area contributed by atoms with Crippen LogP contribution in [0.2, 0.25) is 0 Å². The van der Waals surface area contributed by atoms with E-state index in [0.29, 0.717) is 18.6 Å². The van der Waals surface area contributed by atoms with Crippen molar-refractivity contribution in [2.75, 3.05) is 24.5 Å². The third-order valence-electron chi connectivity index (χ3n) is 4.68. The van der Waals surface area contributed by atoms with Crippen LogP contribution in [0.25, 0.3) is 0 Å². The molecule has 3 heterocycles. The second-order valence-electron chi connectivity index (χ2n) is 6.14. The summed E-state index contributed by atoms with van der Waals surface area (Å²) >= 11 is 0. The monoisotopic (exact) mass is 309 g/mol. The third kappa shape index (κ3) is 2.74. The van der Waals surface area contributed by atoms with Crippen molar-refractivity contribution in [1.29, 1.82) is 0 Å². The van der Waals surface area contributed by atoms with Gasteiger partial charge in [0, 0.05) is 31.7 Å². The van der Waals surface area contributed by atoms with E-state index >= 15 is 0 Å². The van der Waals surface area contributed by atoms with Gasteiger partial charge in [-0.15, -0.1) is 0 Å². The van der Waals surface area contributed by atoms with Gasteiger partial charge >= 0.3 is 6.09 Å². The zero-order chi connectivity index (χ0) is 15.6. The number of rotatable bonds is 3. The highest BCUT2D eigenvalue weighted by Gasteiger charge is 2.47. The van der Waals surface area contributed by atoms with Crippen molar-refractivity contribution in [3.8, 4) is 0 Å². The first-order chi connectivity index (χ1) is 11.3. The first-order valence-electron chi connectivity index (χ1n) is 7.93. The number of amides is 1. The minimum atomic E-state index is -0.214. The molecular weight excluding hydrogens is 290 g/mol. The zero-order valence-electron chi connectivity index (χ0n) is 12.8. The molecule has 0 radical (unpaired) electrons. The number of hydrogen-bond acceptors (Lipinski definition) is 4. The van der Waals surface area contributed by atoms with Gasteiger partial charge in [-0.05, 0) is 17.7 Å². The molecule has 0 spiro atoms. The first kappa shape index (κ1) is 14.1. The maximum Gasteiger partial charge on any atom is 0.410 e. The molecule has 5 nitrogen and oxygen atoms in total. The van der Waals surface area contributed by atoms with E-state index in [2.05, 4.69) is 16.0 Å². The molecule has 0 N–H and O–H groups in total. The Kier molecular flexibility index (Phi) is 3.61. The van der Waals surface area contributed by atoms with Crippen LogP contribution in [0.3, 0.4) is 0 Å². The topological polar surface area (TPSA) is 45.7 Å². The molecule has 2 fully saturated rings. The molecule has 0 aliphatic carbocycles. The van der Waals surface area contributed by atoms with Gasteiger partial charge in [-0.1, -0.05) is 30.3 Å². The van der Waals surface area contributed by atoms with Crippen molar-refractivity contribution >= 4 is 11.8 Å². The largest absolute Gasteiger partial charge is 0.445 e. The number of aromatic nitrogens is 1. The van der Waals surface area contributed by atoms with Crippen LogP contribution < -0.4 is 4.90 Å². The highest BCUT2D eigenvalue weighted by atomic mass is 16.6. The summed E-state index contributed by atoms with van der Waals surface area (Å²) in [5.74, 6) is 0.541. The summed E-state index contributed by atoms with van der Waals surface area (Å²) in [6.45, 7) is 2.83. The number of pyridine rings is 1. The second kappa shape index (κ2) is 5.91. The van der Waals surface area contributed by atoms with Gasteiger partial charge in [-0.25, -0.2) is 4.79 Å². The molecule has 2 atom stereocenters. The summed E-state index contributed by atoms with van der Waals surface area (Å²) in [5.41, 5.74) is 2.15. The van der Waals surface area contributed by atoms with Crippen LogP contribution >= 0.6 is 0 Å². The number of likely N-dealkylation sites (tertiary alicyclic amines) is 1. The Morgan fingerprint density at radius 2 is 2.00 bits per heavy atom. The van der Waals surface area contributed by atoms with Crippen LogP contribution in [0.4, 0.5) is 10.5 Å². The second-order valence-corrected chi connectivity index (χ2v) is 6.14. The van der Waals surface area contributed by atoms with Crippen LogP contribution in [0.1, 0.15) is 5.56 Å². The standard InChI is InChI=1S/C18H19N3O2/c22-18(23-13-14-5-2-1-3-6-14)20-10-15-11-21(17(15)12-20)16-7-4-8-19-9-16/h1-9,15,17H,10-13H2/t15-,17-/m1/s1. The summed E-state index contributed by atoms with van der Waals surface area (Å²) in [6, 6.07) is 14.2. The van der Waals surface area contributed by atoms with E-state index in [1.54, 1.807) is 6.20 Å². The summed E-state index contributed by atoms with van der Waals surface area (Å²) in [5, 5.41) is 0. The lowest BCUT2D eigenvalue weighted by atomic mass is 9.91. The normalized spacial score (nSPS) is 22.4. The van der Waals surface area contributed by atoms with E-state index < -0.39 is 0 Å². The molecule has 5 heteroatoms. The predicted octanol–water partition coefficient (Wildman–Crippen LogP) is 2.54. The van der Waals surface area contributed by atoms with E-state index in [-0.39, 0.29) is 6.09 Å². The van der Waals surface area contributed by atoms with Gasteiger partial charge < -0.3 is 14.5 Å². The van der Waals surface area contributed by atoms with Gasteiger partial charge in [0.1, 0.15) is 6.61 Å². The molecule has 23 heavy (non-hydrogen) atoms. The first-order valence-corrected chi connectivity index (χ1v) is 7.93. The average molecular weight is 309 g/mol. The van der Waals surface area contributed by atoms with Gasteiger partial charge in [-0.3, -0.25) is 4.98 Å². The highest BCUT2D eigenvalue weighted by Crippen LogP contribution is 2.36. The van der Waals surface area contributed by atoms with E-state index in [1.807, 2.05) is 47.5 Å². The van der Waals surface area contributed by atoms with E-state index in [9.17, 15) is 4.79 Å². The lowest BCUT2D eigenvalue weighted by Gasteiger charge is -2.44. The van der Waals surface area contributed by atoms with Gasteiger partial charge in [0.05, 0.1) is 17.9 Å². The Bertz CT molecular complexity index is 677. The molecule has 0 unspecified atom stereocenters. The molecule has 1 amide bonds. The molecule has 2 saturated heterocycles. The minimum Gasteiger partial charge on any atom is -0.445 e. The minimum absolute atomic E-state index is 0.214. The van der Waals surface area contributed by atoms with Crippen LogP contribution in [0, 0.1) is 5.92 Å². The fraction of sp³-hybridized carbons (Fsp3) is 0.333. The number of benzene rings is 1. The van der Waals surface area contributed by atoms with Gasteiger partial charge in [0.15, 0.2) is 0 Å². The van der Waals surface area contributed by atoms with Gasteiger partial charge in [0.25, 0.3) is 0 Å². The number of carbonyl (C=O) groups is 1. The molecule has 2 aromatic rings. The van der Waals surface area contributed by atoms with Crippen molar-refractivity contribution in [3.63, 3.8) is 0 Å². The van der Waals surface area contributed by atoms with E-state index in [4.69, 9.17) is 4.74 Å². The van der Waals surface area contributed by atoms with Gasteiger partial charge in [-0.2, -0.15) is 0 Å². The Hall–Kier alpha value is -2.56. The van der Waals surface area contributed by atoms with E-state index in [1.165, 1.54) is 0 Å². The lowest BCUT2D eigenvalue weighted by molar-refractivity contribution is 0.103. The van der Waals surface area contributed by atoms with Gasteiger partial charge in [0.2, 0.25) is 0 Å². The quantitative estimate of drug-likeness (QED) is 0.874. The van der Waals surface area contributed by atoms with Crippen LogP contribution in [-0.4, -0.2) is 41.7 Å². The molecular formula is C18H19N3O2. The van der Waals surface area contributed by atoms with Crippen LogP contribution in [0.5, 0.6) is 0 Å². The van der Waals surface area contributed by atoms with Crippen molar-refractivity contribution in [3.05, 3.63) is 60.4 Å². The molecule has 2 aliphatic heterocycles.